The summed E-state index contributed by atoms with van der Waals surface area (Å²) in [4.78, 5) is 24.2. The highest BCUT2D eigenvalue weighted by Gasteiger charge is 2.31. The second kappa shape index (κ2) is 7.14. The van der Waals surface area contributed by atoms with Gasteiger partial charge in [0.1, 0.15) is 11.3 Å². The monoisotopic (exact) mass is 362 g/mol. The number of fused-ring (bicyclic) bond motifs is 1. The van der Waals surface area contributed by atoms with Crippen molar-refractivity contribution in [3.05, 3.63) is 59.5 Å². The van der Waals surface area contributed by atoms with E-state index in [1.165, 1.54) is 5.56 Å². The molecule has 0 aliphatic carbocycles. The maximum absolute atomic E-state index is 12.9. The minimum atomic E-state index is 0.116. The molecule has 1 aromatic carbocycles. The van der Waals surface area contributed by atoms with Crippen molar-refractivity contribution in [1.82, 2.24) is 19.4 Å². The fraction of sp³-hybridized carbons (Fsp3) is 0.409. The molecule has 140 valence electrons. The van der Waals surface area contributed by atoms with E-state index in [0.717, 1.165) is 42.1 Å². The third kappa shape index (κ3) is 3.22. The van der Waals surface area contributed by atoms with Crippen molar-refractivity contribution in [2.24, 2.45) is 0 Å². The van der Waals surface area contributed by atoms with Gasteiger partial charge in [-0.25, -0.2) is 9.97 Å². The standard InChI is InChI=1S/C22H26N4O/c1-4-26-20(24-19-6-5-12-23-21(19)26)18-11-13-25(14-18)22(27)17-9-7-16(8-10-17)15(2)3/h5-10,12,15,18H,4,11,13-14H2,1-3H3/t18-/m1/s1. The first-order valence-corrected chi connectivity index (χ1v) is 9.79. The Hall–Kier alpha value is -2.69. The fourth-order valence-electron chi connectivity index (χ4n) is 3.95. The summed E-state index contributed by atoms with van der Waals surface area (Å²) in [5.74, 6) is 1.90. The van der Waals surface area contributed by atoms with Gasteiger partial charge in [-0.15, -0.1) is 0 Å². The summed E-state index contributed by atoms with van der Waals surface area (Å²) in [7, 11) is 0. The van der Waals surface area contributed by atoms with Gasteiger partial charge >= 0.3 is 0 Å². The number of amides is 1. The molecule has 1 saturated heterocycles. The molecule has 4 rings (SSSR count). The Bertz CT molecular complexity index is 958. The summed E-state index contributed by atoms with van der Waals surface area (Å²) >= 11 is 0. The number of likely N-dealkylation sites (tertiary alicyclic amines) is 1. The molecule has 1 atom stereocenters. The number of nitrogens with zero attached hydrogens (tertiary/aromatic N) is 4. The predicted molar refractivity (Wildman–Crippen MR) is 107 cm³/mol. The minimum Gasteiger partial charge on any atom is -0.338 e. The van der Waals surface area contributed by atoms with E-state index >= 15 is 0 Å². The molecular formula is C22H26N4O. The second-order valence-corrected chi connectivity index (χ2v) is 7.57. The lowest BCUT2D eigenvalue weighted by Gasteiger charge is -2.17. The van der Waals surface area contributed by atoms with Crippen LogP contribution in [0.25, 0.3) is 11.2 Å². The van der Waals surface area contributed by atoms with Crippen molar-refractivity contribution in [1.29, 1.82) is 0 Å². The molecule has 2 aromatic heterocycles. The van der Waals surface area contributed by atoms with Crippen LogP contribution in [-0.2, 0) is 6.54 Å². The zero-order valence-corrected chi connectivity index (χ0v) is 16.2. The third-order valence-corrected chi connectivity index (χ3v) is 5.51. The number of pyridine rings is 1. The molecule has 0 N–H and O–H groups in total. The Morgan fingerprint density at radius 2 is 2.00 bits per heavy atom. The average molecular weight is 362 g/mol. The third-order valence-electron chi connectivity index (χ3n) is 5.51. The van der Waals surface area contributed by atoms with E-state index in [1.807, 2.05) is 35.4 Å². The average Bonchev–Trinajstić information content (AvgIpc) is 3.31. The van der Waals surface area contributed by atoms with Gasteiger partial charge in [-0.05, 0) is 49.1 Å². The summed E-state index contributed by atoms with van der Waals surface area (Å²) in [6, 6.07) is 12.0. The summed E-state index contributed by atoms with van der Waals surface area (Å²) in [5, 5.41) is 0. The van der Waals surface area contributed by atoms with Crippen LogP contribution in [0.15, 0.2) is 42.6 Å². The Morgan fingerprint density at radius 3 is 2.70 bits per heavy atom. The first-order chi connectivity index (χ1) is 13.1. The van der Waals surface area contributed by atoms with Gasteiger partial charge in [0.05, 0.1) is 0 Å². The number of rotatable bonds is 4. The van der Waals surface area contributed by atoms with Gasteiger partial charge in [-0.3, -0.25) is 4.79 Å². The van der Waals surface area contributed by atoms with Gasteiger partial charge in [-0.1, -0.05) is 26.0 Å². The zero-order chi connectivity index (χ0) is 19.0. The van der Waals surface area contributed by atoms with Crippen LogP contribution in [0.4, 0.5) is 0 Å². The molecule has 1 aliphatic rings. The Balaban J connectivity index is 1.54. The van der Waals surface area contributed by atoms with E-state index in [0.29, 0.717) is 12.5 Å². The number of aryl methyl sites for hydroxylation is 1. The zero-order valence-electron chi connectivity index (χ0n) is 16.2. The van der Waals surface area contributed by atoms with Crippen LogP contribution >= 0.6 is 0 Å². The number of imidazole rings is 1. The predicted octanol–water partition coefficient (Wildman–Crippen LogP) is 4.20. The van der Waals surface area contributed by atoms with Crippen LogP contribution in [0, 0.1) is 0 Å². The van der Waals surface area contributed by atoms with Crippen LogP contribution < -0.4 is 0 Å². The highest BCUT2D eigenvalue weighted by atomic mass is 16.2. The van der Waals surface area contributed by atoms with Crippen molar-refractivity contribution in [3.63, 3.8) is 0 Å². The van der Waals surface area contributed by atoms with Crippen LogP contribution in [0.5, 0.6) is 0 Å². The molecule has 3 heterocycles. The summed E-state index contributed by atoms with van der Waals surface area (Å²) in [6.45, 7) is 8.77. The van der Waals surface area contributed by atoms with Gasteiger partial charge in [-0.2, -0.15) is 0 Å². The molecule has 0 radical (unpaired) electrons. The van der Waals surface area contributed by atoms with Gasteiger partial charge in [0.2, 0.25) is 0 Å². The molecule has 0 spiro atoms. The number of hydrogen-bond donors (Lipinski definition) is 0. The second-order valence-electron chi connectivity index (χ2n) is 7.57. The molecule has 0 unspecified atom stereocenters. The molecule has 0 saturated carbocycles. The normalized spacial score (nSPS) is 17.2. The maximum Gasteiger partial charge on any atom is 0.253 e. The lowest BCUT2D eigenvalue weighted by Crippen LogP contribution is -2.28. The molecular weight excluding hydrogens is 336 g/mol. The fourth-order valence-corrected chi connectivity index (χ4v) is 3.95. The van der Waals surface area contributed by atoms with E-state index in [-0.39, 0.29) is 11.8 Å². The summed E-state index contributed by atoms with van der Waals surface area (Å²) in [5.41, 5.74) is 3.90. The number of hydrogen-bond acceptors (Lipinski definition) is 3. The number of benzene rings is 1. The van der Waals surface area contributed by atoms with Crippen molar-refractivity contribution in [2.45, 2.75) is 45.6 Å². The Labute approximate surface area is 160 Å². The van der Waals surface area contributed by atoms with E-state index in [4.69, 9.17) is 4.98 Å². The van der Waals surface area contributed by atoms with Crippen LogP contribution in [0.2, 0.25) is 0 Å². The van der Waals surface area contributed by atoms with Crippen molar-refractivity contribution in [3.8, 4) is 0 Å². The van der Waals surface area contributed by atoms with Gasteiger partial charge in [0, 0.05) is 37.3 Å². The molecule has 1 amide bonds. The van der Waals surface area contributed by atoms with Crippen molar-refractivity contribution >= 4 is 17.1 Å². The number of carbonyl (C=O) groups excluding carboxylic acids is 1. The first-order valence-electron chi connectivity index (χ1n) is 9.79. The topological polar surface area (TPSA) is 51.0 Å². The van der Waals surface area contributed by atoms with Crippen LogP contribution in [0.3, 0.4) is 0 Å². The highest BCUT2D eigenvalue weighted by Crippen LogP contribution is 2.30. The van der Waals surface area contributed by atoms with Crippen LogP contribution in [0.1, 0.15) is 60.8 Å². The molecule has 5 heteroatoms. The van der Waals surface area contributed by atoms with E-state index in [1.54, 1.807) is 0 Å². The molecule has 1 aliphatic heterocycles. The highest BCUT2D eigenvalue weighted by molar-refractivity contribution is 5.94. The molecule has 1 fully saturated rings. The minimum absolute atomic E-state index is 0.116. The summed E-state index contributed by atoms with van der Waals surface area (Å²) in [6.07, 6.45) is 2.75. The molecule has 5 nitrogen and oxygen atoms in total. The van der Waals surface area contributed by atoms with Gasteiger partial charge in [0.15, 0.2) is 5.65 Å². The number of carbonyl (C=O) groups is 1. The SMILES string of the molecule is CCn1c([C@@H]2CCN(C(=O)c3ccc(C(C)C)cc3)C2)nc2cccnc21. The maximum atomic E-state index is 12.9. The van der Waals surface area contributed by atoms with E-state index < -0.39 is 0 Å². The van der Waals surface area contributed by atoms with Crippen LogP contribution in [-0.4, -0.2) is 38.4 Å². The Morgan fingerprint density at radius 1 is 1.22 bits per heavy atom. The summed E-state index contributed by atoms with van der Waals surface area (Å²) < 4.78 is 2.19. The quantitative estimate of drug-likeness (QED) is 0.699. The van der Waals surface area contributed by atoms with Crippen molar-refractivity contribution < 1.29 is 4.79 Å². The Kier molecular flexibility index (Phi) is 4.68. The van der Waals surface area contributed by atoms with E-state index in [9.17, 15) is 4.79 Å². The molecule has 3 aromatic rings. The largest absolute Gasteiger partial charge is 0.338 e. The molecule has 27 heavy (non-hydrogen) atoms. The lowest BCUT2D eigenvalue weighted by molar-refractivity contribution is 0.0790. The van der Waals surface area contributed by atoms with Crippen molar-refractivity contribution in [2.75, 3.05) is 13.1 Å². The number of aromatic nitrogens is 3. The molecule has 0 bridgehead atoms. The van der Waals surface area contributed by atoms with Gasteiger partial charge in [0.25, 0.3) is 5.91 Å². The van der Waals surface area contributed by atoms with E-state index in [2.05, 4.69) is 42.5 Å². The van der Waals surface area contributed by atoms with Gasteiger partial charge < -0.3 is 9.47 Å². The lowest BCUT2D eigenvalue weighted by atomic mass is 10.0. The smallest absolute Gasteiger partial charge is 0.253 e. The first kappa shape index (κ1) is 17.7.